The summed E-state index contributed by atoms with van der Waals surface area (Å²) in [5, 5.41) is 19.7. The van der Waals surface area contributed by atoms with E-state index in [1.54, 1.807) is 0 Å². The second-order valence-corrected chi connectivity index (χ2v) is 4.09. The average molecular weight is 292 g/mol. The zero-order chi connectivity index (χ0) is 15.6. The van der Waals surface area contributed by atoms with Crippen molar-refractivity contribution in [3.8, 4) is 11.6 Å². The number of aromatic nitrogens is 1. The molecule has 0 atom stereocenters. The SMILES string of the molecule is Cc1cc(Oc2ncccc2C(=O)O)c(F)cc1[N+](=O)[O-]. The Morgan fingerprint density at radius 2 is 2.19 bits per heavy atom. The lowest BCUT2D eigenvalue weighted by Crippen LogP contribution is -2.03. The van der Waals surface area contributed by atoms with Crippen LogP contribution in [0.2, 0.25) is 0 Å². The maximum atomic E-state index is 13.8. The smallest absolute Gasteiger partial charge is 0.341 e. The molecule has 1 N–H and O–H groups in total. The van der Waals surface area contributed by atoms with Crippen LogP contribution in [0, 0.1) is 22.9 Å². The molecule has 0 aliphatic carbocycles. The normalized spacial score (nSPS) is 10.2. The van der Waals surface area contributed by atoms with Crippen LogP contribution >= 0.6 is 0 Å². The fraction of sp³-hybridized carbons (Fsp3) is 0.0769. The zero-order valence-corrected chi connectivity index (χ0v) is 10.7. The Hall–Kier alpha value is -3.03. The molecule has 0 saturated heterocycles. The minimum Gasteiger partial charge on any atom is -0.477 e. The highest BCUT2D eigenvalue weighted by molar-refractivity contribution is 5.90. The highest BCUT2D eigenvalue weighted by Crippen LogP contribution is 2.30. The number of halogens is 1. The molecule has 0 saturated carbocycles. The number of ether oxygens (including phenoxy) is 1. The lowest BCUT2D eigenvalue weighted by molar-refractivity contribution is -0.385. The Kier molecular flexibility index (Phi) is 3.79. The van der Waals surface area contributed by atoms with E-state index in [0.29, 0.717) is 6.07 Å². The van der Waals surface area contributed by atoms with Crippen LogP contribution in [0.3, 0.4) is 0 Å². The molecule has 2 aromatic rings. The number of rotatable bonds is 4. The quantitative estimate of drug-likeness (QED) is 0.686. The molecule has 1 aromatic heterocycles. The summed E-state index contributed by atoms with van der Waals surface area (Å²) in [4.78, 5) is 24.7. The van der Waals surface area contributed by atoms with Gasteiger partial charge < -0.3 is 9.84 Å². The van der Waals surface area contributed by atoms with E-state index in [-0.39, 0.29) is 28.4 Å². The predicted octanol–water partition coefficient (Wildman–Crippen LogP) is 2.93. The molecule has 0 aliphatic rings. The average Bonchev–Trinajstić information content (AvgIpc) is 2.42. The third-order valence-corrected chi connectivity index (χ3v) is 2.66. The molecule has 8 heteroatoms. The Labute approximate surface area is 117 Å². The Morgan fingerprint density at radius 1 is 1.48 bits per heavy atom. The monoisotopic (exact) mass is 292 g/mol. The molecule has 2 rings (SSSR count). The van der Waals surface area contributed by atoms with E-state index in [1.165, 1.54) is 25.3 Å². The van der Waals surface area contributed by atoms with Gasteiger partial charge in [-0.05, 0) is 25.1 Å². The molecule has 0 amide bonds. The summed E-state index contributed by atoms with van der Waals surface area (Å²) in [5.41, 5.74) is -0.448. The second-order valence-electron chi connectivity index (χ2n) is 4.09. The first-order chi connectivity index (χ1) is 9.90. The van der Waals surface area contributed by atoms with Crippen LogP contribution in [0.5, 0.6) is 11.6 Å². The molecular formula is C13H9FN2O5. The van der Waals surface area contributed by atoms with Crippen molar-refractivity contribution in [2.75, 3.05) is 0 Å². The van der Waals surface area contributed by atoms with Crippen molar-refractivity contribution in [1.29, 1.82) is 0 Å². The summed E-state index contributed by atoms with van der Waals surface area (Å²) in [6, 6.07) is 4.48. The van der Waals surface area contributed by atoms with Gasteiger partial charge in [-0.25, -0.2) is 14.2 Å². The van der Waals surface area contributed by atoms with E-state index in [4.69, 9.17) is 9.84 Å². The number of nitro benzene ring substituents is 1. The van der Waals surface area contributed by atoms with Crippen molar-refractivity contribution in [1.82, 2.24) is 4.98 Å². The first kappa shape index (κ1) is 14.4. The van der Waals surface area contributed by atoms with Crippen LogP contribution in [0.15, 0.2) is 30.5 Å². The van der Waals surface area contributed by atoms with E-state index in [2.05, 4.69) is 4.98 Å². The van der Waals surface area contributed by atoms with Crippen molar-refractivity contribution >= 4 is 11.7 Å². The minimum atomic E-state index is -1.28. The van der Waals surface area contributed by atoms with Crippen LogP contribution in [-0.4, -0.2) is 21.0 Å². The number of nitro groups is 1. The number of hydrogen-bond acceptors (Lipinski definition) is 5. The number of hydrogen-bond donors (Lipinski definition) is 1. The number of nitrogens with zero attached hydrogens (tertiary/aromatic N) is 2. The highest BCUT2D eigenvalue weighted by atomic mass is 19.1. The molecule has 0 spiro atoms. The van der Waals surface area contributed by atoms with Gasteiger partial charge in [-0.15, -0.1) is 0 Å². The fourth-order valence-electron chi connectivity index (χ4n) is 1.66. The molecular weight excluding hydrogens is 283 g/mol. The largest absolute Gasteiger partial charge is 0.477 e. The highest BCUT2D eigenvalue weighted by Gasteiger charge is 2.19. The van der Waals surface area contributed by atoms with Gasteiger partial charge >= 0.3 is 5.97 Å². The van der Waals surface area contributed by atoms with Crippen LogP contribution in [0.1, 0.15) is 15.9 Å². The van der Waals surface area contributed by atoms with Crippen LogP contribution in [0.4, 0.5) is 10.1 Å². The van der Waals surface area contributed by atoms with E-state index >= 15 is 0 Å². The van der Waals surface area contributed by atoms with Crippen molar-refractivity contribution in [2.45, 2.75) is 6.92 Å². The maximum absolute atomic E-state index is 13.8. The maximum Gasteiger partial charge on any atom is 0.341 e. The minimum absolute atomic E-state index is 0.184. The number of benzene rings is 1. The molecule has 1 heterocycles. The van der Waals surface area contributed by atoms with Gasteiger partial charge in [0.05, 0.1) is 11.0 Å². The van der Waals surface area contributed by atoms with Crippen molar-refractivity contribution in [2.24, 2.45) is 0 Å². The predicted molar refractivity (Wildman–Crippen MR) is 69.1 cm³/mol. The topological polar surface area (TPSA) is 103 Å². The van der Waals surface area contributed by atoms with Crippen molar-refractivity contribution in [3.05, 3.63) is 57.5 Å². The van der Waals surface area contributed by atoms with Crippen LogP contribution in [-0.2, 0) is 0 Å². The summed E-state index contributed by atoms with van der Waals surface area (Å²) in [6.07, 6.45) is 1.29. The Morgan fingerprint density at radius 3 is 2.81 bits per heavy atom. The van der Waals surface area contributed by atoms with Gasteiger partial charge in [0.1, 0.15) is 5.56 Å². The number of carboxylic acid groups (broad SMARTS) is 1. The van der Waals surface area contributed by atoms with E-state index < -0.39 is 16.7 Å². The standard InChI is InChI=1S/C13H9FN2O5/c1-7-5-11(9(14)6-10(7)16(19)20)21-12-8(13(17)18)3-2-4-15-12/h2-6H,1H3,(H,17,18). The van der Waals surface area contributed by atoms with Crippen LogP contribution < -0.4 is 4.74 Å². The molecule has 1 aromatic carbocycles. The molecule has 0 unspecified atom stereocenters. The number of pyridine rings is 1. The molecule has 108 valence electrons. The summed E-state index contributed by atoms with van der Waals surface area (Å²) in [6.45, 7) is 1.42. The lowest BCUT2D eigenvalue weighted by Gasteiger charge is -2.09. The number of aryl methyl sites for hydroxylation is 1. The Bertz CT molecular complexity index is 732. The second kappa shape index (κ2) is 5.53. The molecule has 7 nitrogen and oxygen atoms in total. The lowest BCUT2D eigenvalue weighted by atomic mass is 10.2. The van der Waals surface area contributed by atoms with E-state index in [0.717, 1.165) is 6.07 Å². The molecule has 0 radical (unpaired) electrons. The van der Waals surface area contributed by atoms with Gasteiger partial charge in [-0.1, -0.05) is 0 Å². The summed E-state index contributed by atoms with van der Waals surface area (Å²) >= 11 is 0. The van der Waals surface area contributed by atoms with Crippen molar-refractivity contribution in [3.63, 3.8) is 0 Å². The summed E-state index contributed by atoms with van der Waals surface area (Å²) in [5.74, 6) is -2.89. The number of carbonyl (C=O) groups is 1. The molecule has 0 aliphatic heterocycles. The summed E-state index contributed by atoms with van der Waals surface area (Å²) in [7, 11) is 0. The Balaban J connectivity index is 2.44. The fourth-order valence-corrected chi connectivity index (χ4v) is 1.66. The van der Waals surface area contributed by atoms with Gasteiger partial charge in [-0.3, -0.25) is 10.1 Å². The van der Waals surface area contributed by atoms with Gasteiger partial charge in [0.15, 0.2) is 11.6 Å². The van der Waals surface area contributed by atoms with Gasteiger partial charge in [0.2, 0.25) is 5.88 Å². The van der Waals surface area contributed by atoms with Gasteiger partial charge in [0, 0.05) is 11.8 Å². The van der Waals surface area contributed by atoms with Crippen LogP contribution in [0.25, 0.3) is 0 Å². The molecule has 21 heavy (non-hydrogen) atoms. The first-order valence-electron chi connectivity index (χ1n) is 5.71. The summed E-state index contributed by atoms with van der Waals surface area (Å²) < 4.78 is 18.9. The number of carboxylic acids is 1. The first-order valence-corrected chi connectivity index (χ1v) is 5.71. The third kappa shape index (κ3) is 2.94. The van der Waals surface area contributed by atoms with E-state index in [1.807, 2.05) is 0 Å². The molecule has 0 bridgehead atoms. The van der Waals surface area contributed by atoms with E-state index in [9.17, 15) is 19.3 Å². The zero-order valence-electron chi connectivity index (χ0n) is 10.7. The van der Waals surface area contributed by atoms with Crippen molar-refractivity contribution < 1.29 is 24.0 Å². The van der Waals surface area contributed by atoms with Gasteiger partial charge in [0.25, 0.3) is 5.69 Å². The number of aromatic carboxylic acids is 1. The molecule has 0 fully saturated rings. The third-order valence-electron chi connectivity index (χ3n) is 2.66. The van der Waals surface area contributed by atoms with Gasteiger partial charge in [-0.2, -0.15) is 0 Å².